The number of nitrogens with one attached hydrogen (secondary N) is 1. The van der Waals surface area contributed by atoms with Crippen molar-refractivity contribution in [2.24, 2.45) is 0 Å². The highest BCUT2D eigenvalue weighted by Crippen LogP contribution is 2.11. The molecule has 0 radical (unpaired) electrons. The van der Waals surface area contributed by atoms with Crippen LogP contribution in [0, 0.1) is 0 Å². The third-order valence-electron chi connectivity index (χ3n) is 2.73. The molecular weight excluding hydrogens is 248 g/mol. The smallest absolute Gasteiger partial charge is 0.233 e. The first-order valence-corrected chi connectivity index (χ1v) is 7.42. The molecule has 1 unspecified atom stereocenters. The first-order chi connectivity index (χ1) is 8.56. The molecule has 0 fully saturated rings. The van der Waals surface area contributed by atoms with Crippen LogP contribution in [0.25, 0.3) is 0 Å². The summed E-state index contributed by atoms with van der Waals surface area (Å²) in [5, 5.41) is 2.87. The molecule has 1 amide bonds. The van der Waals surface area contributed by atoms with Gasteiger partial charge in [-0.05, 0) is 31.0 Å². The molecule has 4 nitrogen and oxygen atoms in total. The minimum Gasteiger partial charge on any atom is -0.399 e. The second-order valence-electron chi connectivity index (χ2n) is 4.14. The van der Waals surface area contributed by atoms with E-state index in [1.165, 1.54) is 0 Å². The quantitative estimate of drug-likeness (QED) is 0.771. The van der Waals surface area contributed by atoms with Crippen LogP contribution in [-0.2, 0) is 15.6 Å². The third-order valence-corrected chi connectivity index (χ3v) is 4.04. The molecular formula is C13H20N2O2S. The van der Waals surface area contributed by atoms with Crippen molar-refractivity contribution in [1.29, 1.82) is 0 Å². The SMILES string of the molecule is CCC(CC)NC(=O)CS(=O)c1cccc(N)c1. The summed E-state index contributed by atoms with van der Waals surface area (Å²) in [4.78, 5) is 12.3. The maximum atomic E-state index is 12.0. The van der Waals surface area contributed by atoms with Gasteiger partial charge in [0.25, 0.3) is 0 Å². The van der Waals surface area contributed by atoms with Crippen molar-refractivity contribution in [3.8, 4) is 0 Å². The van der Waals surface area contributed by atoms with Gasteiger partial charge in [-0.3, -0.25) is 9.00 Å². The lowest BCUT2D eigenvalue weighted by molar-refractivity contribution is -0.119. The van der Waals surface area contributed by atoms with Crippen LogP contribution >= 0.6 is 0 Å². The van der Waals surface area contributed by atoms with Gasteiger partial charge >= 0.3 is 0 Å². The van der Waals surface area contributed by atoms with Gasteiger partial charge in [0.15, 0.2) is 0 Å². The van der Waals surface area contributed by atoms with Crippen molar-refractivity contribution in [3.63, 3.8) is 0 Å². The summed E-state index contributed by atoms with van der Waals surface area (Å²) >= 11 is 0. The molecule has 0 saturated carbocycles. The Kier molecular flexibility index (Phi) is 5.85. The summed E-state index contributed by atoms with van der Waals surface area (Å²) in [5.41, 5.74) is 6.17. The van der Waals surface area contributed by atoms with E-state index in [9.17, 15) is 9.00 Å². The van der Waals surface area contributed by atoms with Gasteiger partial charge in [-0.1, -0.05) is 19.9 Å². The van der Waals surface area contributed by atoms with E-state index in [4.69, 9.17) is 5.73 Å². The summed E-state index contributed by atoms with van der Waals surface area (Å²) in [6.07, 6.45) is 1.76. The second-order valence-corrected chi connectivity index (χ2v) is 5.59. The lowest BCUT2D eigenvalue weighted by atomic mass is 10.2. The zero-order valence-electron chi connectivity index (χ0n) is 10.8. The number of carbonyl (C=O) groups is 1. The van der Waals surface area contributed by atoms with Crippen LogP contribution in [-0.4, -0.2) is 21.9 Å². The molecule has 0 spiro atoms. The first-order valence-electron chi connectivity index (χ1n) is 6.10. The summed E-state index contributed by atoms with van der Waals surface area (Å²) in [5.74, 6) is -0.190. The first kappa shape index (κ1) is 14.7. The van der Waals surface area contributed by atoms with Gasteiger partial charge in [0, 0.05) is 16.6 Å². The monoisotopic (exact) mass is 268 g/mol. The minimum atomic E-state index is -1.34. The van der Waals surface area contributed by atoms with Crippen LogP contribution in [0.2, 0.25) is 0 Å². The summed E-state index contributed by atoms with van der Waals surface area (Å²) < 4.78 is 12.0. The van der Waals surface area contributed by atoms with Crippen LogP contribution in [0.1, 0.15) is 26.7 Å². The van der Waals surface area contributed by atoms with Gasteiger partial charge in [-0.25, -0.2) is 0 Å². The number of nitrogens with two attached hydrogens (primary N) is 1. The maximum absolute atomic E-state index is 12.0. The molecule has 1 aromatic carbocycles. The molecule has 0 aliphatic heterocycles. The minimum absolute atomic E-state index is 0.0139. The molecule has 100 valence electrons. The fraction of sp³-hybridized carbons (Fsp3) is 0.462. The number of hydrogen-bond acceptors (Lipinski definition) is 3. The molecule has 1 rings (SSSR count). The molecule has 0 aromatic heterocycles. The standard InChI is InChI=1S/C13H20N2O2S/c1-3-11(4-2)15-13(16)9-18(17)12-7-5-6-10(14)8-12/h5-8,11H,3-4,9,14H2,1-2H3,(H,15,16). The predicted octanol–water partition coefficient (Wildman–Crippen LogP) is 1.68. The topological polar surface area (TPSA) is 72.2 Å². The van der Waals surface area contributed by atoms with Crippen molar-refractivity contribution in [1.82, 2.24) is 5.32 Å². The van der Waals surface area contributed by atoms with E-state index in [0.717, 1.165) is 12.8 Å². The summed E-state index contributed by atoms with van der Waals surface area (Å²) in [6.45, 7) is 4.03. The van der Waals surface area contributed by atoms with Crippen LogP contribution in [0.15, 0.2) is 29.2 Å². The molecule has 0 heterocycles. The van der Waals surface area contributed by atoms with E-state index in [1.54, 1.807) is 24.3 Å². The average molecular weight is 268 g/mol. The molecule has 18 heavy (non-hydrogen) atoms. The number of hydrogen-bond donors (Lipinski definition) is 2. The van der Waals surface area contributed by atoms with Gasteiger partial charge in [0.05, 0.1) is 10.8 Å². The van der Waals surface area contributed by atoms with Gasteiger partial charge in [0.2, 0.25) is 5.91 Å². The highest BCUT2D eigenvalue weighted by molar-refractivity contribution is 7.85. The molecule has 1 atom stereocenters. The highest BCUT2D eigenvalue weighted by atomic mass is 32.2. The van der Waals surface area contributed by atoms with Crippen molar-refractivity contribution >= 4 is 22.4 Å². The Balaban J connectivity index is 2.57. The highest BCUT2D eigenvalue weighted by Gasteiger charge is 2.13. The summed E-state index contributed by atoms with van der Waals surface area (Å²) in [6, 6.07) is 6.99. The van der Waals surface area contributed by atoms with E-state index < -0.39 is 10.8 Å². The molecule has 0 bridgehead atoms. The second kappa shape index (κ2) is 7.16. The van der Waals surface area contributed by atoms with Crippen LogP contribution in [0.4, 0.5) is 5.69 Å². The van der Waals surface area contributed by atoms with E-state index in [0.29, 0.717) is 10.6 Å². The Morgan fingerprint density at radius 2 is 2.06 bits per heavy atom. The fourth-order valence-electron chi connectivity index (χ4n) is 1.62. The number of benzene rings is 1. The number of nitrogen functional groups attached to an aromatic ring is 1. The van der Waals surface area contributed by atoms with Crippen LogP contribution in [0.5, 0.6) is 0 Å². The fourth-order valence-corrected chi connectivity index (χ4v) is 2.61. The number of amides is 1. The molecule has 5 heteroatoms. The van der Waals surface area contributed by atoms with Crippen molar-refractivity contribution < 1.29 is 9.00 Å². The van der Waals surface area contributed by atoms with E-state index in [2.05, 4.69) is 5.32 Å². The molecule has 1 aromatic rings. The van der Waals surface area contributed by atoms with E-state index in [-0.39, 0.29) is 17.7 Å². The third kappa shape index (κ3) is 4.49. The Morgan fingerprint density at radius 3 is 2.61 bits per heavy atom. The normalized spacial score (nSPS) is 12.4. The molecule has 0 aliphatic carbocycles. The zero-order valence-corrected chi connectivity index (χ0v) is 11.6. The largest absolute Gasteiger partial charge is 0.399 e. The lowest BCUT2D eigenvalue weighted by Crippen LogP contribution is -2.36. The van der Waals surface area contributed by atoms with Gasteiger partial charge in [-0.15, -0.1) is 0 Å². The lowest BCUT2D eigenvalue weighted by Gasteiger charge is -2.14. The zero-order chi connectivity index (χ0) is 13.5. The van der Waals surface area contributed by atoms with Gasteiger partial charge in [-0.2, -0.15) is 0 Å². The Labute approximate surface area is 110 Å². The average Bonchev–Trinajstić information content (AvgIpc) is 2.35. The molecule has 0 saturated heterocycles. The van der Waals surface area contributed by atoms with Crippen LogP contribution < -0.4 is 11.1 Å². The number of anilines is 1. The van der Waals surface area contributed by atoms with Gasteiger partial charge < -0.3 is 11.1 Å². The number of rotatable bonds is 6. The Bertz CT molecular complexity index is 431. The molecule has 3 N–H and O–H groups in total. The van der Waals surface area contributed by atoms with Gasteiger partial charge in [0.1, 0.15) is 5.75 Å². The van der Waals surface area contributed by atoms with Crippen LogP contribution in [0.3, 0.4) is 0 Å². The van der Waals surface area contributed by atoms with E-state index >= 15 is 0 Å². The Morgan fingerprint density at radius 1 is 1.39 bits per heavy atom. The number of carbonyl (C=O) groups excluding carboxylic acids is 1. The molecule has 0 aliphatic rings. The van der Waals surface area contributed by atoms with Crippen molar-refractivity contribution in [2.45, 2.75) is 37.6 Å². The predicted molar refractivity (Wildman–Crippen MR) is 74.6 cm³/mol. The maximum Gasteiger partial charge on any atom is 0.233 e. The van der Waals surface area contributed by atoms with Crippen molar-refractivity contribution in [2.75, 3.05) is 11.5 Å². The Hall–Kier alpha value is -1.36. The van der Waals surface area contributed by atoms with Crippen molar-refractivity contribution in [3.05, 3.63) is 24.3 Å². The van der Waals surface area contributed by atoms with E-state index in [1.807, 2.05) is 13.8 Å². The summed E-state index contributed by atoms with van der Waals surface area (Å²) in [7, 11) is -1.34.